The molecule has 1 heterocycles. The van der Waals surface area contributed by atoms with Crippen LogP contribution in [0.5, 0.6) is 0 Å². The standard InChI is InChI=1S/C15H13NO3/c17-11-5-6-13(14(18)9-11)16-8-7-10-3-1-2-4-12(10)15(16)19/h1-4,7-8,13H,5-6,9H2. The van der Waals surface area contributed by atoms with Gasteiger partial charge < -0.3 is 4.57 Å². The van der Waals surface area contributed by atoms with E-state index in [1.165, 1.54) is 4.57 Å². The van der Waals surface area contributed by atoms with Crippen LogP contribution in [0.3, 0.4) is 0 Å². The third-order valence-electron chi connectivity index (χ3n) is 3.62. The van der Waals surface area contributed by atoms with Crippen LogP contribution in [0.4, 0.5) is 0 Å². The van der Waals surface area contributed by atoms with Crippen molar-refractivity contribution >= 4 is 22.3 Å². The van der Waals surface area contributed by atoms with Gasteiger partial charge in [0.1, 0.15) is 5.78 Å². The summed E-state index contributed by atoms with van der Waals surface area (Å²) in [4.78, 5) is 35.5. The highest BCUT2D eigenvalue weighted by Gasteiger charge is 2.28. The maximum Gasteiger partial charge on any atom is 0.259 e. The summed E-state index contributed by atoms with van der Waals surface area (Å²) < 4.78 is 1.47. The van der Waals surface area contributed by atoms with Crippen molar-refractivity contribution < 1.29 is 9.59 Å². The van der Waals surface area contributed by atoms with Crippen LogP contribution in [-0.2, 0) is 9.59 Å². The van der Waals surface area contributed by atoms with Crippen LogP contribution in [-0.4, -0.2) is 16.1 Å². The SMILES string of the molecule is O=C1CCC(n2ccc3ccccc3c2=O)C(=O)C1. The molecule has 0 spiro atoms. The van der Waals surface area contributed by atoms with Crippen molar-refractivity contribution in [1.82, 2.24) is 4.57 Å². The zero-order valence-electron chi connectivity index (χ0n) is 10.3. The average molecular weight is 255 g/mol. The van der Waals surface area contributed by atoms with Crippen molar-refractivity contribution in [1.29, 1.82) is 0 Å². The summed E-state index contributed by atoms with van der Waals surface area (Å²) in [5.74, 6) is -0.191. The molecule has 1 saturated carbocycles. The Balaban J connectivity index is 2.11. The fourth-order valence-electron chi connectivity index (χ4n) is 2.60. The van der Waals surface area contributed by atoms with Crippen LogP contribution in [0.1, 0.15) is 25.3 Å². The summed E-state index contributed by atoms with van der Waals surface area (Å²) >= 11 is 0. The van der Waals surface area contributed by atoms with Gasteiger partial charge in [0.05, 0.1) is 12.5 Å². The molecule has 2 aromatic rings. The van der Waals surface area contributed by atoms with Crippen molar-refractivity contribution in [2.75, 3.05) is 0 Å². The van der Waals surface area contributed by atoms with Crippen molar-refractivity contribution in [2.24, 2.45) is 0 Å². The van der Waals surface area contributed by atoms with Crippen molar-refractivity contribution in [3.05, 3.63) is 46.9 Å². The minimum Gasteiger partial charge on any atom is -0.304 e. The van der Waals surface area contributed by atoms with E-state index in [9.17, 15) is 14.4 Å². The summed E-state index contributed by atoms with van der Waals surface area (Å²) in [6.07, 6.45) is 2.40. The maximum atomic E-state index is 12.4. The second-order valence-electron chi connectivity index (χ2n) is 4.85. The minimum atomic E-state index is -0.491. The number of ketones is 2. The molecule has 4 heteroatoms. The molecule has 0 N–H and O–H groups in total. The van der Waals surface area contributed by atoms with Gasteiger partial charge in [0.25, 0.3) is 5.56 Å². The predicted octanol–water partition coefficient (Wildman–Crippen LogP) is 1.86. The fraction of sp³-hybridized carbons (Fsp3) is 0.267. The number of Topliss-reactive ketones (excluding diaryl/α,β-unsaturated/α-hetero) is 2. The van der Waals surface area contributed by atoms with Gasteiger partial charge in [-0.25, -0.2) is 0 Å². The lowest BCUT2D eigenvalue weighted by atomic mass is 9.92. The quantitative estimate of drug-likeness (QED) is 0.731. The van der Waals surface area contributed by atoms with Gasteiger partial charge in [0, 0.05) is 18.0 Å². The highest BCUT2D eigenvalue weighted by molar-refractivity contribution is 6.03. The molecule has 96 valence electrons. The highest BCUT2D eigenvalue weighted by Crippen LogP contribution is 2.22. The number of benzene rings is 1. The first-order chi connectivity index (χ1) is 9.16. The molecule has 1 aromatic carbocycles. The van der Waals surface area contributed by atoms with E-state index in [0.717, 1.165) is 5.39 Å². The summed E-state index contributed by atoms with van der Waals surface area (Å²) in [5.41, 5.74) is -0.161. The number of carbonyl (C=O) groups is 2. The highest BCUT2D eigenvalue weighted by atomic mass is 16.2. The van der Waals surface area contributed by atoms with E-state index in [2.05, 4.69) is 0 Å². The molecule has 4 nitrogen and oxygen atoms in total. The molecule has 0 aliphatic heterocycles. The molecule has 1 unspecified atom stereocenters. The Bertz CT molecular complexity index is 729. The lowest BCUT2D eigenvalue weighted by Gasteiger charge is -2.22. The normalized spacial score (nSPS) is 19.9. The molecular weight excluding hydrogens is 242 g/mol. The lowest BCUT2D eigenvalue weighted by Crippen LogP contribution is -2.33. The molecule has 3 rings (SSSR count). The third kappa shape index (κ3) is 1.99. The first-order valence-electron chi connectivity index (χ1n) is 6.31. The zero-order chi connectivity index (χ0) is 13.4. The van der Waals surface area contributed by atoms with Gasteiger partial charge in [-0.15, -0.1) is 0 Å². The Hall–Kier alpha value is -2.23. The van der Waals surface area contributed by atoms with Crippen LogP contribution >= 0.6 is 0 Å². The van der Waals surface area contributed by atoms with E-state index in [1.54, 1.807) is 18.3 Å². The van der Waals surface area contributed by atoms with E-state index in [0.29, 0.717) is 18.2 Å². The van der Waals surface area contributed by atoms with Gasteiger partial charge in [-0.2, -0.15) is 0 Å². The van der Waals surface area contributed by atoms with Crippen LogP contribution in [0.15, 0.2) is 41.3 Å². The number of hydrogen-bond donors (Lipinski definition) is 0. The summed E-state index contributed by atoms with van der Waals surface area (Å²) in [7, 11) is 0. The molecule has 0 amide bonds. The van der Waals surface area contributed by atoms with Crippen molar-refractivity contribution in [3.8, 4) is 0 Å². The van der Waals surface area contributed by atoms with Gasteiger partial charge >= 0.3 is 0 Å². The molecule has 1 aliphatic rings. The van der Waals surface area contributed by atoms with Gasteiger partial charge in [-0.05, 0) is 23.9 Å². The summed E-state index contributed by atoms with van der Waals surface area (Å²) in [5, 5.41) is 1.47. The number of aromatic nitrogens is 1. The maximum absolute atomic E-state index is 12.4. The van der Waals surface area contributed by atoms with Gasteiger partial charge in [0.2, 0.25) is 0 Å². The molecule has 0 saturated heterocycles. The average Bonchev–Trinajstić information content (AvgIpc) is 2.41. The minimum absolute atomic E-state index is 0.0323. The Labute approximate surface area is 109 Å². The van der Waals surface area contributed by atoms with E-state index < -0.39 is 6.04 Å². The number of nitrogens with zero attached hydrogens (tertiary/aromatic N) is 1. The molecule has 1 aliphatic carbocycles. The molecule has 1 aromatic heterocycles. The topological polar surface area (TPSA) is 56.1 Å². The van der Waals surface area contributed by atoms with E-state index >= 15 is 0 Å². The Morgan fingerprint density at radius 3 is 2.63 bits per heavy atom. The molecule has 19 heavy (non-hydrogen) atoms. The number of pyridine rings is 1. The monoisotopic (exact) mass is 255 g/mol. The predicted molar refractivity (Wildman–Crippen MR) is 71.1 cm³/mol. The van der Waals surface area contributed by atoms with Gasteiger partial charge in [0.15, 0.2) is 5.78 Å². The molecule has 0 bridgehead atoms. The molecule has 0 radical (unpaired) electrons. The first-order valence-corrected chi connectivity index (χ1v) is 6.31. The third-order valence-corrected chi connectivity index (χ3v) is 3.62. The van der Waals surface area contributed by atoms with Crippen LogP contribution in [0.2, 0.25) is 0 Å². The van der Waals surface area contributed by atoms with Crippen molar-refractivity contribution in [3.63, 3.8) is 0 Å². The van der Waals surface area contributed by atoms with Gasteiger partial charge in [-0.3, -0.25) is 14.4 Å². The van der Waals surface area contributed by atoms with E-state index in [1.807, 2.05) is 18.2 Å². The number of fused-ring (bicyclic) bond motifs is 1. The summed E-state index contributed by atoms with van der Waals surface area (Å²) in [6, 6.07) is 8.65. The Morgan fingerprint density at radius 1 is 1.05 bits per heavy atom. The molecular formula is C15H13NO3. The molecule has 1 atom stereocenters. The van der Waals surface area contributed by atoms with Crippen LogP contribution < -0.4 is 5.56 Å². The fourth-order valence-corrected chi connectivity index (χ4v) is 2.60. The second-order valence-corrected chi connectivity index (χ2v) is 4.85. The number of rotatable bonds is 1. The number of carbonyl (C=O) groups excluding carboxylic acids is 2. The van der Waals surface area contributed by atoms with Crippen molar-refractivity contribution in [2.45, 2.75) is 25.3 Å². The lowest BCUT2D eigenvalue weighted by molar-refractivity contribution is -0.132. The van der Waals surface area contributed by atoms with Gasteiger partial charge in [-0.1, -0.05) is 18.2 Å². The number of hydrogen-bond acceptors (Lipinski definition) is 3. The molecule has 1 fully saturated rings. The smallest absolute Gasteiger partial charge is 0.259 e. The zero-order valence-corrected chi connectivity index (χ0v) is 10.3. The summed E-state index contributed by atoms with van der Waals surface area (Å²) in [6.45, 7) is 0. The second kappa shape index (κ2) is 4.46. The van der Waals surface area contributed by atoms with Crippen LogP contribution in [0, 0.1) is 0 Å². The Morgan fingerprint density at radius 2 is 1.84 bits per heavy atom. The van der Waals surface area contributed by atoms with Crippen LogP contribution in [0.25, 0.3) is 10.8 Å². The van der Waals surface area contributed by atoms with E-state index in [-0.39, 0.29) is 23.5 Å². The first kappa shape index (κ1) is 11.8. The Kier molecular flexibility index (Phi) is 2.78. The largest absolute Gasteiger partial charge is 0.304 e. The van der Waals surface area contributed by atoms with E-state index in [4.69, 9.17) is 0 Å².